The fourth-order valence-corrected chi connectivity index (χ4v) is 1.50. The molecule has 4 N–H and O–H groups in total. The maximum Gasteiger partial charge on any atom is 0.340 e. The van der Waals surface area contributed by atoms with Crippen LogP contribution in [-0.4, -0.2) is 36.8 Å². The number of carbonyl (C=O) groups excluding carboxylic acids is 1. The number of rotatable bonds is 5. The molecule has 2 amide bonds. The Labute approximate surface area is 125 Å². The highest BCUT2D eigenvalue weighted by atomic mass is 16.6. The smallest absolute Gasteiger partial charge is 0.340 e. The number of nitrogens with one attached hydrogen (secondary N) is 2. The summed E-state index contributed by atoms with van der Waals surface area (Å²) in [5.41, 5.74) is 8.30. The second-order valence-corrected chi connectivity index (χ2v) is 3.93. The second-order valence-electron chi connectivity index (χ2n) is 3.93. The molecule has 0 saturated carbocycles. The molecule has 0 saturated heterocycles. The van der Waals surface area contributed by atoms with Gasteiger partial charge in [-0.15, -0.1) is 0 Å². The minimum absolute atomic E-state index is 0.00901. The highest BCUT2D eigenvalue weighted by Gasteiger charge is 2.09. The van der Waals surface area contributed by atoms with Crippen molar-refractivity contribution in [1.29, 1.82) is 0 Å². The van der Waals surface area contributed by atoms with Crippen LogP contribution < -0.4 is 25.9 Å². The van der Waals surface area contributed by atoms with Crippen LogP contribution in [0, 0.1) is 0 Å². The molecule has 10 heteroatoms. The van der Waals surface area contributed by atoms with Gasteiger partial charge in [-0.2, -0.15) is 5.10 Å². The highest BCUT2D eigenvalue weighted by molar-refractivity contribution is 5.91. The van der Waals surface area contributed by atoms with Gasteiger partial charge in [-0.3, -0.25) is 5.32 Å². The van der Waals surface area contributed by atoms with E-state index in [-0.39, 0.29) is 11.6 Å². The Morgan fingerprint density at radius 3 is 2.82 bits per heavy atom. The number of anilines is 2. The maximum absolute atomic E-state index is 11.6. The standard InChI is InChI=1S/C12H14N6O4/c1-20-8-4-3-7(9(5-8)21-2)6-14-16-12(19)15-11-10(13)17-22-18-11/h3-6H,1-2H3,(H2,13,17)(H2,15,16,18,19)/b14-6+. The van der Waals surface area contributed by atoms with Gasteiger partial charge in [-0.05, 0) is 22.4 Å². The number of amides is 2. The fourth-order valence-electron chi connectivity index (χ4n) is 1.50. The van der Waals surface area contributed by atoms with E-state index in [1.165, 1.54) is 13.3 Å². The van der Waals surface area contributed by atoms with E-state index in [4.69, 9.17) is 15.2 Å². The van der Waals surface area contributed by atoms with Crippen LogP contribution in [0.3, 0.4) is 0 Å². The molecule has 1 aromatic heterocycles. The Balaban J connectivity index is 1.97. The first kappa shape index (κ1) is 15.1. The van der Waals surface area contributed by atoms with E-state index in [1.807, 2.05) is 0 Å². The molecule has 116 valence electrons. The number of carbonyl (C=O) groups is 1. The van der Waals surface area contributed by atoms with Crippen molar-refractivity contribution in [1.82, 2.24) is 15.7 Å². The second kappa shape index (κ2) is 6.92. The molecule has 0 aliphatic carbocycles. The van der Waals surface area contributed by atoms with Crippen LogP contribution in [0.5, 0.6) is 11.5 Å². The third-order valence-corrected chi connectivity index (χ3v) is 2.56. The van der Waals surface area contributed by atoms with Crippen LogP contribution in [0.1, 0.15) is 5.56 Å². The van der Waals surface area contributed by atoms with E-state index in [9.17, 15) is 4.79 Å². The average Bonchev–Trinajstić information content (AvgIpc) is 2.92. The lowest BCUT2D eigenvalue weighted by atomic mass is 10.2. The lowest BCUT2D eigenvalue weighted by Crippen LogP contribution is -2.24. The molecule has 2 rings (SSSR count). The van der Waals surface area contributed by atoms with Gasteiger partial charge in [0.25, 0.3) is 0 Å². The number of nitrogens with zero attached hydrogens (tertiary/aromatic N) is 3. The molecule has 0 bridgehead atoms. The van der Waals surface area contributed by atoms with Gasteiger partial charge in [0, 0.05) is 11.6 Å². The van der Waals surface area contributed by atoms with Gasteiger partial charge in [0.05, 0.1) is 20.4 Å². The summed E-state index contributed by atoms with van der Waals surface area (Å²) < 4.78 is 14.6. The number of nitrogens with two attached hydrogens (primary N) is 1. The van der Waals surface area contributed by atoms with E-state index in [0.717, 1.165) is 0 Å². The number of hydrazone groups is 1. The van der Waals surface area contributed by atoms with Crippen LogP contribution in [0.2, 0.25) is 0 Å². The number of hydrogen-bond donors (Lipinski definition) is 3. The Kier molecular flexibility index (Phi) is 4.75. The minimum Gasteiger partial charge on any atom is -0.497 e. The van der Waals surface area contributed by atoms with Crippen LogP contribution in [0.4, 0.5) is 16.4 Å². The number of benzene rings is 1. The SMILES string of the molecule is COc1ccc(/C=N/NC(=O)Nc2nonc2N)c(OC)c1. The number of ether oxygens (including phenoxy) is 2. The van der Waals surface area contributed by atoms with Crippen LogP contribution in [0.25, 0.3) is 0 Å². The summed E-state index contributed by atoms with van der Waals surface area (Å²) in [4.78, 5) is 11.6. The third kappa shape index (κ3) is 3.62. The summed E-state index contributed by atoms with van der Waals surface area (Å²) in [6, 6.07) is 4.53. The molecular weight excluding hydrogens is 292 g/mol. The first-order valence-corrected chi connectivity index (χ1v) is 6.04. The van der Waals surface area contributed by atoms with Gasteiger partial charge in [0.15, 0.2) is 0 Å². The average molecular weight is 306 g/mol. The summed E-state index contributed by atoms with van der Waals surface area (Å²) in [5.74, 6) is 1.18. The van der Waals surface area contributed by atoms with Gasteiger partial charge >= 0.3 is 6.03 Å². The third-order valence-electron chi connectivity index (χ3n) is 2.56. The normalized spacial score (nSPS) is 10.5. The summed E-state index contributed by atoms with van der Waals surface area (Å²) in [5, 5.41) is 12.8. The van der Waals surface area contributed by atoms with Crippen LogP contribution >= 0.6 is 0 Å². The van der Waals surface area contributed by atoms with Gasteiger partial charge in [-0.1, -0.05) is 0 Å². The summed E-state index contributed by atoms with van der Waals surface area (Å²) >= 11 is 0. The summed E-state index contributed by atoms with van der Waals surface area (Å²) in [6.07, 6.45) is 1.42. The highest BCUT2D eigenvalue weighted by Crippen LogP contribution is 2.22. The van der Waals surface area contributed by atoms with Crippen molar-refractivity contribution >= 4 is 23.9 Å². The molecule has 1 heterocycles. The molecule has 0 spiro atoms. The first-order valence-electron chi connectivity index (χ1n) is 6.04. The summed E-state index contributed by atoms with van der Waals surface area (Å²) in [6.45, 7) is 0. The number of methoxy groups -OCH3 is 2. The Morgan fingerprint density at radius 2 is 2.18 bits per heavy atom. The quantitative estimate of drug-likeness (QED) is 0.549. The molecule has 2 aromatic rings. The molecule has 0 aliphatic rings. The summed E-state index contributed by atoms with van der Waals surface area (Å²) in [7, 11) is 3.07. The Hall–Kier alpha value is -3.30. The van der Waals surface area contributed by atoms with E-state index in [0.29, 0.717) is 17.1 Å². The molecule has 1 aromatic carbocycles. The monoisotopic (exact) mass is 306 g/mol. The minimum atomic E-state index is -0.647. The largest absolute Gasteiger partial charge is 0.497 e. The van der Waals surface area contributed by atoms with Crippen molar-refractivity contribution < 1.29 is 18.9 Å². The molecule has 0 fully saturated rings. The van der Waals surface area contributed by atoms with Crippen molar-refractivity contribution in [2.24, 2.45) is 5.10 Å². The van der Waals surface area contributed by atoms with Crippen molar-refractivity contribution in [3.05, 3.63) is 23.8 Å². The van der Waals surface area contributed by atoms with E-state index in [1.54, 1.807) is 25.3 Å². The topological polar surface area (TPSA) is 137 Å². The van der Waals surface area contributed by atoms with Crippen LogP contribution in [0.15, 0.2) is 27.9 Å². The van der Waals surface area contributed by atoms with E-state index >= 15 is 0 Å². The predicted octanol–water partition coefficient (Wildman–Crippen LogP) is 0.825. The zero-order valence-electron chi connectivity index (χ0n) is 11.9. The number of nitrogen functional groups attached to an aromatic ring is 1. The lowest BCUT2D eigenvalue weighted by Gasteiger charge is -2.06. The van der Waals surface area contributed by atoms with Gasteiger partial charge in [-0.25, -0.2) is 14.8 Å². The van der Waals surface area contributed by atoms with Crippen molar-refractivity contribution in [3.63, 3.8) is 0 Å². The first-order chi connectivity index (χ1) is 10.6. The van der Waals surface area contributed by atoms with Crippen molar-refractivity contribution in [3.8, 4) is 11.5 Å². The number of aromatic nitrogens is 2. The predicted molar refractivity (Wildman–Crippen MR) is 78.0 cm³/mol. The molecule has 0 atom stereocenters. The zero-order valence-corrected chi connectivity index (χ0v) is 11.9. The molecular formula is C12H14N6O4. The Bertz CT molecular complexity index is 684. The molecule has 22 heavy (non-hydrogen) atoms. The van der Waals surface area contributed by atoms with E-state index in [2.05, 4.69) is 30.8 Å². The van der Waals surface area contributed by atoms with Crippen molar-refractivity contribution in [2.75, 3.05) is 25.3 Å². The molecule has 0 aliphatic heterocycles. The van der Waals surface area contributed by atoms with Gasteiger partial charge in [0.1, 0.15) is 11.5 Å². The number of urea groups is 1. The van der Waals surface area contributed by atoms with Crippen LogP contribution in [-0.2, 0) is 0 Å². The zero-order chi connectivity index (χ0) is 15.9. The Morgan fingerprint density at radius 1 is 1.36 bits per heavy atom. The molecule has 0 radical (unpaired) electrons. The number of hydrogen-bond acceptors (Lipinski definition) is 8. The molecule has 0 unspecified atom stereocenters. The molecule has 10 nitrogen and oxygen atoms in total. The lowest BCUT2D eigenvalue weighted by molar-refractivity contribution is 0.252. The van der Waals surface area contributed by atoms with Crippen molar-refractivity contribution in [2.45, 2.75) is 0 Å². The van der Waals surface area contributed by atoms with E-state index < -0.39 is 6.03 Å². The maximum atomic E-state index is 11.6. The fraction of sp³-hybridized carbons (Fsp3) is 0.167. The van der Waals surface area contributed by atoms with Gasteiger partial charge in [0.2, 0.25) is 11.6 Å². The van der Waals surface area contributed by atoms with Gasteiger partial charge < -0.3 is 15.2 Å².